The number of nitrogens with one attached hydrogen (secondary N) is 1. The van der Waals surface area contributed by atoms with Crippen LogP contribution in [0, 0.1) is 0 Å². The van der Waals surface area contributed by atoms with Crippen LogP contribution in [0.25, 0.3) is 0 Å². The van der Waals surface area contributed by atoms with E-state index in [4.69, 9.17) is 0 Å². The topological polar surface area (TPSA) is 46.9 Å². The number of hydrogen-bond donors (Lipinski definition) is 1. The van der Waals surface area contributed by atoms with Crippen LogP contribution in [0.4, 0.5) is 0 Å². The number of benzene rings is 1. The molecule has 92 valence electrons. The predicted molar refractivity (Wildman–Crippen MR) is 68.1 cm³/mol. The van der Waals surface area contributed by atoms with Gasteiger partial charge in [-0.2, -0.15) is 5.10 Å². The maximum atomic E-state index is 12.3. The molecule has 3 rings (SSSR count). The molecule has 1 aromatic heterocycles. The van der Waals surface area contributed by atoms with E-state index in [-0.39, 0.29) is 11.8 Å². The Bertz CT molecular complexity index is 548. The van der Waals surface area contributed by atoms with E-state index >= 15 is 0 Å². The molecule has 0 saturated carbocycles. The summed E-state index contributed by atoms with van der Waals surface area (Å²) < 4.78 is 1.67. The molecule has 4 heteroatoms. The molecule has 2 aromatic rings. The smallest absolute Gasteiger partial charge is 0.175 e. The summed E-state index contributed by atoms with van der Waals surface area (Å²) in [4.78, 5) is 12.3. The van der Waals surface area contributed by atoms with Gasteiger partial charge in [-0.15, -0.1) is 0 Å². The molecule has 1 atom stereocenters. The van der Waals surface area contributed by atoms with E-state index in [2.05, 4.69) is 16.5 Å². The number of ketones is 1. The fourth-order valence-corrected chi connectivity index (χ4v) is 2.44. The number of rotatable bonds is 3. The Morgan fingerprint density at radius 1 is 1.39 bits per heavy atom. The van der Waals surface area contributed by atoms with Crippen molar-refractivity contribution < 1.29 is 4.79 Å². The molecule has 1 N–H and O–H groups in total. The van der Waals surface area contributed by atoms with Gasteiger partial charge in [0.15, 0.2) is 5.78 Å². The van der Waals surface area contributed by atoms with Crippen LogP contribution in [0.1, 0.15) is 17.2 Å². The Balaban J connectivity index is 1.83. The average Bonchev–Trinajstić information content (AvgIpc) is 2.91. The maximum absolute atomic E-state index is 12.3. The van der Waals surface area contributed by atoms with Crippen LogP contribution >= 0.6 is 0 Å². The lowest BCUT2D eigenvalue weighted by molar-refractivity contribution is -0.122. The molecule has 1 aliphatic rings. The van der Waals surface area contributed by atoms with Crippen LogP contribution in [0.15, 0.2) is 42.7 Å². The zero-order valence-electron chi connectivity index (χ0n) is 10.0. The van der Waals surface area contributed by atoms with Crippen LogP contribution in [0.3, 0.4) is 0 Å². The normalized spacial score (nSPS) is 18.3. The summed E-state index contributed by atoms with van der Waals surface area (Å²) in [6.07, 6.45) is 4.49. The summed E-state index contributed by atoms with van der Waals surface area (Å²) >= 11 is 0. The van der Waals surface area contributed by atoms with Crippen molar-refractivity contribution in [1.29, 1.82) is 0 Å². The van der Waals surface area contributed by atoms with Gasteiger partial charge in [-0.3, -0.25) is 9.48 Å². The molecule has 18 heavy (non-hydrogen) atoms. The van der Waals surface area contributed by atoms with E-state index in [1.54, 1.807) is 10.9 Å². The molecule has 0 saturated heterocycles. The average molecular weight is 241 g/mol. The second kappa shape index (κ2) is 4.74. The highest BCUT2D eigenvalue weighted by Crippen LogP contribution is 2.23. The number of carbonyl (C=O) groups excluding carboxylic acids is 1. The van der Waals surface area contributed by atoms with E-state index in [9.17, 15) is 4.79 Å². The molecule has 4 nitrogen and oxygen atoms in total. The van der Waals surface area contributed by atoms with Crippen LogP contribution in [-0.4, -0.2) is 22.1 Å². The van der Waals surface area contributed by atoms with E-state index in [1.807, 2.05) is 30.5 Å². The monoisotopic (exact) mass is 241 g/mol. The molecule has 1 unspecified atom stereocenters. The van der Waals surface area contributed by atoms with Crippen molar-refractivity contribution in [3.05, 3.63) is 53.9 Å². The van der Waals surface area contributed by atoms with Gasteiger partial charge in [0.1, 0.15) is 6.54 Å². The minimum atomic E-state index is -0.195. The lowest BCUT2D eigenvalue weighted by Crippen LogP contribution is -2.36. The third-order valence-corrected chi connectivity index (χ3v) is 3.31. The fourth-order valence-electron chi connectivity index (χ4n) is 2.44. The third-order valence-electron chi connectivity index (χ3n) is 3.31. The molecule has 0 radical (unpaired) electrons. The Kier molecular flexibility index (Phi) is 2.94. The molecule has 1 aliphatic heterocycles. The molecule has 0 amide bonds. The van der Waals surface area contributed by atoms with Crippen LogP contribution in [0.2, 0.25) is 0 Å². The standard InChI is InChI=1S/C14H15N3O/c18-13(10-17-9-3-7-16-17)14-12-5-2-1-4-11(12)6-8-15-14/h1-5,7,9,14-15H,6,8,10H2. The molecule has 1 aromatic carbocycles. The highest BCUT2D eigenvalue weighted by Gasteiger charge is 2.25. The number of nitrogens with zero attached hydrogens (tertiary/aromatic N) is 2. The Labute approximate surface area is 106 Å². The number of hydrogen-bond acceptors (Lipinski definition) is 3. The molecule has 0 spiro atoms. The summed E-state index contributed by atoms with van der Waals surface area (Å²) in [5.41, 5.74) is 2.39. The van der Waals surface area contributed by atoms with E-state index in [0.29, 0.717) is 6.54 Å². The highest BCUT2D eigenvalue weighted by molar-refractivity contribution is 5.85. The molecule has 0 aliphatic carbocycles. The lowest BCUT2D eigenvalue weighted by atomic mass is 9.92. The summed E-state index contributed by atoms with van der Waals surface area (Å²) in [7, 11) is 0. The molecular weight excluding hydrogens is 226 g/mol. The highest BCUT2D eigenvalue weighted by atomic mass is 16.1. The van der Waals surface area contributed by atoms with Gasteiger partial charge in [-0.05, 0) is 23.6 Å². The zero-order valence-corrected chi connectivity index (χ0v) is 10.0. The second-order valence-corrected chi connectivity index (χ2v) is 4.51. The van der Waals surface area contributed by atoms with Crippen molar-refractivity contribution in [3.63, 3.8) is 0 Å². The maximum Gasteiger partial charge on any atom is 0.175 e. The van der Waals surface area contributed by atoms with Gasteiger partial charge >= 0.3 is 0 Å². The Morgan fingerprint density at radius 3 is 3.11 bits per heavy atom. The minimum Gasteiger partial charge on any atom is -0.303 e. The zero-order chi connectivity index (χ0) is 12.4. The molecular formula is C14H15N3O. The predicted octanol–water partition coefficient (Wildman–Crippen LogP) is 1.34. The summed E-state index contributed by atoms with van der Waals surface area (Å²) in [6, 6.07) is 9.78. The van der Waals surface area contributed by atoms with Crippen molar-refractivity contribution in [1.82, 2.24) is 15.1 Å². The van der Waals surface area contributed by atoms with Gasteiger partial charge < -0.3 is 5.32 Å². The largest absolute Gasteiger partial charge is 0.303 e. The van der Waals surface area contributed by atoms with E-state index < -0.39 is 0 Å². The van der Waals surface area contributed by atoms with Gasteiger partial charge in [0, 0.05) is 18.9 Å². The first-order valence-electron chi connectivity index (χ1n) is 6.16. The first-order chi connectivity index (χ1) is 8.84. The molecule has 0 bridgehead atoms. The quantitative estimate of drug-likeness (QED) is 0.882. The van der Waals surface area contributed by atoms with Crippen LogP contribution in [-0.2, 0) is 17.8 Å². The van der Waals surface area contributed by atoms with E-state index in [0.717, 1.165) is 18.5 Å². The van der Waals surface area contributed by atoms with Crippen molar-refractivity contribution in [2.75, 3.05) is 6.54 Å². The van der Waals surface area contributed by atoms with Crippen molar-refractivity contribution in [2.45, 2.75) is 19.0 Å². The molecule has 0 fully saturated rings. The fraction of sp³-hybridized carbons (Fsp3) is 0.286. The second-order valence-electron chi connectivity index (χ2n) is 4.51. The summed E-state index contributed by atoms with van der Waals surface area (Å²) in [5, 5.41) is 7.37. The third kappa shape index (κ3) is 2.07. The minimum absolute atomic E-state index is 0.158. The summed E-state index contributed by atoms with van der Waals surface area (Å²) in [5.74, 6) is 0.158. The van der Waals surface area contributed by atoms with E-state index in [1.165, 1.54) is 5.56 Å². The number of carbonyl (C=O) groups is 1. The molecule has 2 heterocycles. The SMILES string of the molecule is O=C(Cn1cccn1)C1NCCc2ccccc21. The van der Waals surface area contributed by atoms with Gasteiger partial charge in [-0.25, -0.2) is 0 Å². The Morgan fingerprint density at radius 2 is 2.28 bits per heavy atom. The van der Waals surface area contributed by atoms with Gasteiger partial charge in [0.25, 0.3) is 0 Å². The van der Waals surface area contributed by atoms with Crippen LogP contribution < -0.4 is 5.32 Å². The Hall–Kier alpha value is -1.94. The van der Waals surface area contributed by atoms with Gasteiger partial charge in [-0.1, -0.05) is 24.3 Å². The first-order valence-corrected chi connectivity index (χ1v) is 6.16. The first kappa shape index (κ1) is 11.2. The van der Waals surface area contributed by atoms with Gasteiger partial charge in [0.2, 0.25) is 0 Å². The van der Waals surface area contributed by atoms with Gasteiger partial charge in [0.05, 0.1) is 6.04 Å². The number of Topliss-reactive ketones (excluding diaryl/α,β-unsaturated/α-hetero) is 1. The number of fused-ring (bicyclic) bond motifs is 1. The van der Waals surface area contributed by atoms with Crippen molar-refractivity contribution in [3.8, 4) is 0 Å². The van der Waals surface area contributed by atoms with Crippen molar-refractivity contribution in [2.24, 2.45) is 0 Å². The van der Waals surface area contributed by atoms with Crippen LogP contribution in [0.5, 0.6) is 0 Å². The lowest BCUT2D eigenvalue weighted by Gasteiger charge is -2.25. The summed E-state index contributed by atoms with van der Waals surface area (Å²) in [6.45, 7) is 1.17. The van der Waals surface area contributed by atoms with Crippen molar-refractivity contribution >= 4 is 5.78 Å². The number of aromatic nitrogens is 2.